The first kappa shape index (κ1) is 15.9. The highest BCUT2D eigenvalue weighted by molar-refractivity contribution is 6.06. The van der Waals surface area contributed by atoms with Crippen LogP contribution in [0.5, 0.6) is 0 Å². The second-order valence-electron chi connectivity index (χ2n) is 5.74. The third-order valence-corrected chi connectivity index (χ3v) is 3.99. The Morgan fingerprint density at radius 1 is 0.958 bits per heavy atom. The fourth-order valence-electron chi connectivity index (χ4n) is 2.89. The highest BCUT2D eigenvalue weighted by Crippen LogP contribution is 2.29. The highest BCUT2D eigenvalue weighted by Gasteiger charge is 2.17. The van der Waals surface area contributed by atoms with Gasteiger partial charge in [0, 0.05) is 24.3 Å². The van der Waals surface area contributed by atoms with Gasteiger partial charge in [0.05, 0.1) is 11.4 Å². The number of primary amides is 1. The normalized spacial score (nSPS) is 13.6. The summed E-state index contributed by atoms with van der Waals surface area (Å²) in [6.07, 6.45) is 2.34. The number of nitrogens with one attached hydrogen (secondary N) is 2. The second-order valence-corrected chi connectivity index (χ2v) is 5.74. The van der Waals surface area contributed by atoms with E-state index in [4.69, 9.17) is 5.73 Å². The van der Waals surface area contributed by atoms with E-state index in [1.807, 2.05) is 24.3 Å². The maximum absolute atomic E-state index is 12.5. The molecule has 6 heteroatoms. The number of carbonyl (C=O) groups is 2. The zero-order chi connectivity index (χ0) is 16.9. The minimum atomic E-state index is -0.660. The molecule has 0 atom stereocenters. The monoisotopic (exact) mass is 324 g/mol. The van der Waals surface area contributed by atoms with Crippen LogP contribution in [0.3, 0.4) is 0 Å². The molecule has 4 N–H and O–H groups in total. The first-order valence-corrected chi connectivity index (χ1v) is 7.95. The van der Waals surface area contributed by atoms with E-state index in [2.05, 4.69) is 15.5 Å². The van der Waals surface area contributed by atoms with Gasteiger partial charge in [-0.15, -0.1) is 0 Å². The van der Waals surface area contributed by atoms with Gasteiger partial charge in [0.1, 0.15) is 0 Å². The summed E-state index contributed by atoms with van der Waals surface area (Å²) in [6, 6.07) is 13.8. The van der Waals surface area contributed by atoms with Gasteiger partial charge in [-0.2, -0.15) is 0 Å². The van der Waals surface area contributed by atoms with Crippen LogP contribution in [0.2, 0.25) is 0 Å². The molecule has 0 radical (unpaired) electrons. The van der Waals surface area contributed by atoms with E-state index in [9.17, 15) is 9.59 Å². The quantitative estimate of drug-likeness (QED) is 0.808. The van der Waals surface area contributed by atoms with Crippen molar-refractivity contribution in [1.29, 1.82) is 0 Å². The summed E-state index contributed by atoms with van der Waals surface area (Å²) in [6.45, 7) is 2.01. The van der Waals surface area contributed by atoms with Crippen LogP contribution in [-0.4, -0.2) is 25.0 Å². The fourth-order valence-corrected chi connectivity index (χ4v) is 2.89. The number of urea groups is 1. The molecule has 0 saturated carbocycles. The van der Waals surface area contributed by atoms with Crippen molar-refractivity contribution in [2.75, 3.05) is 28.6 Å². The van der Waals surface area contributed by atoms with Crippen molar-refractivity contribution in [3.8, 4) is 0 Å². The van der Waals surface area contributed by atoms with E-state index in [0.29, 0.717) is 11.3 Å². The molecule has 124 valence electrons. The Morgan fingerprint density at radius 3 is 2.46 bits per heavy atom. The first-order chi connectivity index (χ1) is 11.6. The number of hydrogen-bond donors (Lipinski definition) is 3. The van der Waals surface area contributed by atoms with Crippen LogP contribution in [0.25, 0.3) is 0 Å². The SMILES string of the molecule is NC(=O)Nc1cccc(C(=O)Nc2ccccc2N2CCCC2)c1. The van der Waals surface area contributed by atoms with Crippen molar-refractivity contribution in [2.45, 2.75) is 12.8 Å². The summed E-state index contributed by atoms with van der Waals surface area (Å²) in [7, 11) is 0. The van der Waals surface area contributed by atoms with Crippen molar-refractivity contribution in [1.82, 2.24) is 0 Å². The Labute approximate surface area is 140 Å². The molecule has 1 saturated heterocycles. The van der Waals surface area contributed by atoms with Gasteiger partial charge >= 0.3 is 6.03 Å². The minimum Gasteiger partial charge on any atom is -0.370 e. The molecule has 2 aromatic carbocycles. The summed E-state index contributed by atoms with van der Waals surface area (Å²) in [4.78, 5) is 25.8. The van der Waals surface area contributed by atoms with E-state index in [-0.39, 0.29) is 5.91 Å². The number of hydrogen-bond acceptors (Lipinski definition) is 3. The van der Waals surface area contributed by atoms with Gasteiger partial charge in [-0.25, -0.2) is 4.79 Å². The third kappa shape index (κ3) is 3.65. The number of amides is 3. The largest absolute Gasteiger partial charge is 0.370 e. The van der Waals surface area contributed by atoms with Gasteiger partial charge in [-0.3, -0.25) is 4.79 Å². The van der Waals surface area contributed by atoms with E-state index in [0.717, 1.165) is 24.5 Å². The number of nitrogens with zero attached hydrogens (tertiary/aromatic N) is 1. The van der Waals surface area contributed by atoms with Crippen molar-refractivity contribution < 1.29 is 9.59 Å². The maximum Gasteiger partial charge on any atom is 0.316 e. The van der Waals surface area contributed by atoms with Crippen LogP contribution < -0.4 is 21.3 Å². The Kier molecular flexibility index (Phi) is 4.65. The van der Waals surface area contributed by atoms with Crippen molar-refractivity contribution in [2.24, 2.45) is 5.73 Å². The Morgan fingerprint density at radius 2 is 1.71 bits per heavy atom. The van der Waals surface area contributed by atoms with E-state index in [1.54, 1.807) is 24.3 Å². The van der Waals surface area contributed by atoms with Crippen molar-refractivity contribution >= 4 is 29.0 Å². The van der Waals surface area contributed by atoms with Gasteiger partial charge in [0.2, 0.25) is 0 Å². The molecule has 0 aromatic heterocycles. The third-order valence-electron chi connectivity index (χ3n) is 3.99. The lowest BCUT2D eigenvalue weighted by atomic mass is 10.1. The summed E-state index contributed by atoms with van der Waals surface area (Å²) in [5.41, 5.74) is 7.88. The van der Waals surface area contributed by atoms with Gasteiger partial charge in [0.15, 0.2) is 0 Å². The zero-order valence-corrected chi connectivity index (χ0v) is 13.3. The number of benzene rings is 2. The fraction of sp³-hybridized carbons (Fsp3) is 0.222. The molecule has 0 aliphatic carbocycles. The smallest absolute Gasteiger partial charge is 0.316 e. The van der Waals surface area contributed by atoms with Gasteiger partial charge in [0.25, 0.3) is 5.91 Å². The molecule has 3 rings (SSSR count). The molecule has 24 heavy (non-hydrogen) atoms. The van der Waals surface area contributed by atoms with Gasteiger partial charge in [-0.1, -0.05) is 18.2 Å². The molecule has 6 nitrogen and oxygen atoms in total. The Balaban J connectivity index is 1.79. The lowest BCUT2D eigenvalue weighted by molar-refractivity contribution is 0.102. The molecule has 1 aliphatic heterocycles. The summed E-state index contributed by atoms with van der Waals surface area (Å²) in [5, 5.41) is 5.43. The minimum absolute atomic E-state index is 0.227. The molecule has 1 fully saturated rings. The predicted molar refractivity (Wildman–Crippen MR) is 95.5 cm³/mol. The second kappa shape index (κ2) is 7.04. The Bertz CT molecular complexity index is 754. The average Bonchev–Trinajstić information content (AvgIpc) is 3.09. The molecule has 0 bridgehead atoms. The molecule has 2 aromatic rings. The number of para-hydroxylation sites is 2. The molecule has 3 amide bonds. The first-order valence-electron chi connectivity index (χ1n) is 7.95. The topological polar surface area (TPSA) is 87.5 Å². The van der Waals surface area contributed by atoms with Crippen LogP contribution >= 0.6 is 0 Å². The average molecular weight is 324 g/mol. The standard InChI is InChI=1S/C18H20N4O2/c19-18(24)20-14-7-5-6-13(12-14)17(23)21-15-8-1-2-9-16(15)22-10-3-4-11-22/h1-2,5-9,12H,3-4,10-11H2,(H,21,23)(H3,19,20,24). The number of rotatable bonds is 4. The molecule has 1 aliphatic rings. The van der Waals surface area contributed by atoms with E-state index in [1.165, 1.54) is 12.8 Å². The van der Waals surface area contributed by atoms with Crippen LogP contribution in [0.1, 0.15) is 23.2 Å². The summed E-state index contributed by atoms with van der Waals surface area (Å²) < 4.78 is 0. The molecule has 0 unspecified atom stereocenters. The maximum atomic E-state index is 12.5. The molecule has 1 heterocycles. The Hall–Kier alpha value is -3.02. The predicted octanol–water partition coefficient (Wildman–Crippen LogP) is 3.03. The van der Waals surface area contributed by atoms with Crippen LogP contribution in [0.15, 0.2) is 48.5 Å². The van der Waals surface area contributed by atoms with Crippen LogP contribution in [0, 0.1) is 0 Å². The van der Waals surface area contributed by atoms with E-state index < -0.39 is 6.03 Å². The lowest BCUT2D eigenvalue weighted by Gasteiger charge is -2.21. The molecular formula is C18H20N4O2. The summed E-state index contributed by atoms with van der Waals surface area (Å²) >= 11 is 0. The van der Waals surface area contributed by atoms with Crippen molar-refractivity contribution in [3.05, 3.63) is 54.1 Å². The number of nitrogens with two attached hydrogens (primary N) is 1. The number of carbonyl (C=O) groups excluding carboxylic acids is 2. The van der Waals surface area contributed by atoms with Crippen molar-refractivity contribution in [3.63, 3.8) is 0 Å². The molecule has 0 spiro atoms. The van der Waals surface area contributed by atoms with E-state index >= 15 is 0 Å². The highest BCUT2D eigenvalue weighted by atomic mass is 16.2. The number of anilines is 3. The van der Waals surface area contributed by atoms with Gasteiger partial charge in [-0.05, 0) is 43.2 Å². The lowest BCUT2D eigenvalue weighted by Crippen LogP contribution is -2.21. The van der Waals surface area contributed by atoms with Gasteiger partial charge < -0.3 is 21.3 Å². The molecular weight excluding hydrogens is 304 g/mol. The van der Waals surface area contributed by atoms with Crippen LogP contribution in [-0.2, 0) is 0 Å². The summed E-state index contributed by atoms with van der Waals surface area (Å²) in [5.74, 6) is -0.227. The van der Waals surface area contributed by atoms with Crippen LogP contribution in [0.4, 0.5) is 21.9 Å². The zero-order valence-electron chi connectivity index (χ0n) is 13.3.